The Hall–Kier alpha value is -0.793. The van der Waals surface area contributed by atoms with Crippen LogP contribution in [-0.2, 0) is 23.4 Å². The number of carbonyl (C=O) groups is 1. The lowest BCUT2D eigenvalue weighted by atomic mass is 9.87. The van der Waals surface area contributed by atoms with Crippen LogP contribution in [0.25, 0.3) is 0 Å². The second-order valence-electron chi connectivity index (χ2n) is 10.4. The number of aldehydes is 1. The predicted octanol–water partition coefficient (Wildman–Crippen LogP) is 6.69. The Kier molecular flexibility index (Phi) is 14.8. The molecule has 0 N–H and O–H groups in total. The molecule has 188 valence electrons. The van der Waals surface area contributed by atoms with Gasteiger partial charge in [-0.25, -0.2) is 0 Å². The highest BCUT2D eigenvalue weighted by molar-refractivity contribution is 6.77. The molecule has 6 heteroatoms. The van der Waals surface area contributed by atoms with Crippen LogP contribution < -0.4 is 0 Å². The minimum Gasteiger partial charge on any atom is -0.415 e. The van der Waals surface area contributed by atoms with Gasteiger partial charge in [0.25, 0.3) is 0 Å². The number of ether oxygens (including phenoxy) is 3. The van der Waals surface area contributed by atoms with Crippen molar-refractivity contribution in [2.75, 3.05) is 20.5 Å². The quantitative estimate of drug-likeness (QED) is 0.0911. The highest BCUT2D eigenvalue weighted by Gasteiger charge is 2.46. The molecule has 0 aliphatic rings. The van der Waals surface area contributed by atoms with E-state index < -0.39 is 8.32 Å². The number of hydrogen-bond donors (Lipinski definition) is 0. The van der Waals surface area contributed by atoms with Crippen LogP contribution >= 0.6 is 0 Å². The van der Waals surface area contributed by atoms with E-state index in [0.29, 0.717) is 42.5 Å². The normalized spacial score (nSPS) is 15.8. The molecule has 0 bridgehead atoms. The first-order valence-electron chi connectivity index (χ1n) is 12.0. The average Bonchev–Trinajstić information content (AvgIpc) is 2.69. The lowest BCUT2D eigenvalue weighted by molar-refractivity contribution is -0.123. The third-order valence-electron chi connectivity index (χ3n) is 6.46. The summed E-state index contributed by atoms with van der Waals surface area (Å²) in [5.74, 6) is 0. The van der Waals surface area contributed by atoms with Gasteiger partial charge in [-0.2, -0.15) is 0 Å². The Morgan fingerprint density at radius 2 is 1.50 bits per heavy atom. The monoisotopic (exact) mass is 470 g/mol. The summed E-state index contributed by atoms with van der Waals surface area (Å²) in [5, 5.41) is 0. The summed E-state index contributed by atoms with van der Waals surface area (Å²) >= 11 is 0. The zero-order chi connectivity index (χ0) is 24.9. The van der Waals surface area contributed by atoms with Crippen molar-refractivity contribution in [1.82, 2.24) is 0 Å². The van der Waals surface area contributed by atoms with Gasteiger partial charge < -0.3 is 23.4 Å². The Morgan fingerprint density at radius 1 is 0.938 bits per heavy atom. The first-order valence-corrected chi connectivity index (χ1v) is 14.1. The van der Waals surface area contributed by atoms with Gasteiger partial charge >= 0.3 is 0 Å². The summed E-state index contributed by atoms with van der Waals surface area (Å²) in [6, 6.07) is 0. The van der Waals surface area contributed by atoms with E-state index in [1.54, 1.807) is 7.11 Å². The van der Waals surface area contributed by atoms with Crippen molar-refractivity contribution in [2.45, 2.75) is 110 Å². The van der Waals surface area contributed by atoms with Crippen LogP contribution in [0.15, 0.2) is 25.3 Å². The molecule has 0 unspecified atom stereocenters. The Balaban J connectivity index is 5.49. The van der Waals surface area contributed by atoms with Crippen LogP contribution in [0.5, 0.6) is 0 Å². The molecule has 0 radical (unpaired) electrons. The summed E-state index contributed by atoms with van der Waals surface area (Å²) in [6.07, 6.45) is 5.53. The van der Waals surface area contributed by atoms with Crippen LogP contribution in [0.1, 0.15) is 74.7 Å². The standard InChI is InChI=1S/C26H50O5Si/c1-12-14-24(17-23(15-16-27)29-19-28-11)31-25(13-2)26(9,10)18-30-32(20(3)4,21(5)6)22(7)8/h12-13,16,20-25H,1-2,14-15,17-19H2,3-11H3/t23-,24+,25-/m1/s1. The summed E-state index contributed by atoms with van der Waals surface area (Å²) in [4.78, 5) is 11.1. The van der Waals surface area contributed by atoms with E-state index in [4.69, 9.17) is 18.6 Å². The molecule has 0 heterocycles. The first kappa shape index (κ1) is 31.2. The number of hydrogen-bond acceptors (Lipinski definition) is 5. The minimum atomic E-state index is -1.98. The zero-order valence-electron chi connectivity index (χ0n) is 22.2. The molecular weight excluding hydrogens is 420 g/mol. The van der Waals surface area contributed by atoms with E-state index in [2.05, 4.69) is 68.5 Å². The van der Waals surface area contributed by atoms with Crippen LogP contribution in [0.3, 0.4) is 0 Å². The topological polar surface area (TPSA) is 54.0 Å². The van der Waals surface area contributed by atoms with Gasteiger partial charge in [-0.05, 0) is 23.0 Å². The van der Waals surface area contributed by atoms with E-state index in [1.807, 2.05) is 12.2 Å². The Morgan fingerprint density at radius 3 is 1.91 bits per heavy atom. The van der Waals surface area contributed by atoms with Gasteiger partial charge in [-0.1, -0.05) is 67.5 Å². The molecule has 0 aromatic heterocycles. The average molecular weight is 471 g/mol. The smallest absolute Gasteiger partial charge is 0.200 e. The van der Waals surface area contributed by atoms with Crippen molar-refractivity contribution >= 4 is 14.6 Å². The van der Waals surface area contributed by atoms with E-state index in [-0.39, 0.29) is 30.5 Å². The minimum absolute atomic E-state index is 0.140. The molecule has 0 amide bonds. The molecule has 0 aliphatic heterocycles. The van der Waals surface area contributed by atoms with Crippen LogP contribution in [0.2, 0.25) is 16.6 Å². The van der Waals surface area contributed by atoms with E-state index in [0.717, 1.165) is 6.29 Å². The van der Waals surface area contributed by atoms with Crippen molar-refractivity contribution in [3.63, 3.8) is 0 Å². The maximum Gasteiger partial charge on any atom is 0.200 e. The fraction of sp³-hybridized carbons (Fsp3) is 0.808. The second-order valence-corrected chi connectivity index (χ2v) is 15.8. The maximum absolute atomic E-state index is 11.1. The number of carbonyl (C=O) groups excluding carboxylic acids is 1. The predicted molar refractivity (Wildman–Crippen MR) is 136 cm³/mol. The molecule has 32 heavy (non-hydrogen) atoms. The molecule has 0 aromatic rings. The lowest BCUT2D eigenvalue weighted by Crippen LogP contribution is -2.51. The lowest BCUT2D eigenvalue weighted by Gasteiger charge is -2.45. The third-order valence-corrected chi connectivity index (χ3v) is 12.5. The first-order chi connectivity index (χ1) is 14.9. The molecule has 0 aromatic carbocycles. The summed E-state index contributed by atoms with van der Waals surface area (Å²) in [6.45, 7) is 26.8. The van der Waals surface area contributed by atoms with Gasteiger partial charge in [-0.3, -0.25) is 0 Å². The number of methoxy groups -OCH3 is 1. The molecule has 0 fully saturated rings. The van der Waals surface area contributed by atoms with E-state index in [1.165, 1.54) is 0 Å². The van der Waals surface area contributed by atoms with Crippen LogP contribution in [0, 0.1) is 5.41 Å². The van der Waals surface area contributed by atoms with Gasteiger partial charge in [0.15, 0.2) is 8.32 Å². The van der Waals surface area contributed by atoms with Gasteiger partial charge in [0.2, 0.25) is 0 Å². The molecule has 0 aliphatic carbocycles. The number of rotatable bonds is 19. The summed E-state index contributed by atoms with van der Waals surface area (Å²) in [7, 11) is -0.412. The zero-order valence-corrected chi connectivity index (χ0v) is 23.2. The molecule has 0 saturated heterocycles. The van der Waals surface area contributed by atoms with Crippen molar-refractivity contribution in [2.24, 2.45) is 5.41 Å². The van der Waals surface area contributed by atoms with E-state index in [9.17, 15) is 4.79 Å². The van der Waals surface area contributed by atoms with Gasteiger partial charge in [-0.15, -0.1) is 13.2 Å². The fourth-order valence-electron chi connectivity index (χ4n) is 4.85. The molecule has 0 rings (SSSR count). The fourth-order valence-corrected chi connectivity index (χ4v) is 10.5. The largest absolute Gasteiger partial charge is 0.415 e. The van der Waals surface area contributed by atoms with Crippen molar-refractivity contribution in [1.29, 1.82) is 0 Å². The SMILES string of the molecule is C=CC[C@@H](C[C@@H](CC=O)OCOC)O[C@H](C=C)C(C)(C)CO[Si](C(C)C)(C(C)C)C(C)C. The van der Waals surface area contributed by atoms with E-state index >= 15 is 0 Å². The Bertz CT molecular complexity index is 523. The molecule has 5 nitrogen and oxygen atoms in total. The molecule has 0 saturated carbocycles. The molecule has 3 atom stereocenters. The van der Waals surface area contributed by atoms with Crippen molar-refractivity contribution in [3.05, 3.63) is 25.3 Å². The second kappa shape index (κ2) is 15.2. The van der Waals surface area contributed by atoms with Gasteiger partial charge in [0.05, 0.1) is 18.3 Å². The van der Waals surface area contributed by atoms with Gasteiger partial charge in [0, 0.05) is 32.0 Å². The summed E-state index contributed by atoms with van der Waals surface area (Å²) in [5.41, 5.74) is 1.32. The molecular formula is C26H50O5Si. The Labute approximate surface area is 199 Å². The van der Waals surface area contributed by atoms with Crippen molar-refractivity contribution < 1.29 is 23.4 Å². The van der Waals surface area contributed by atoms with Crippen LogP contribution in [0.4, 0.5) is 0 Å². The molecule has 0 spiro atoms. The van der Waals surface area contributed by atoms with Gasteiger partial charge in [0.1, 0.15) is 13.1 Å². The maximum atomic E-state index is 11.1. The van der Waals surface area contributed by atoms with Crippen molar-refractivity contribution in [3.8, 4) is 0 Å². The van der Waals surface area contributed by atoms with Crippen LogP contribution in [-0.4, -0.2) is 53.4 Å². The summed E-state index contributed by atoms with van der Waals surface area (Å²) < 4.78 is 24.1. The highest BCUT2D eigenvalue weighted by Crippen LogP contribution is 2.43. The highest BCUT2D eigenvalue weighted by atomic mass is 28.4. The third kappa shape index (κ3) is 9.22.